The second-order valence-corrected chi connectivity index (χ2v) is 6.06. The van der Waals surface area contributed by atoms with Crippen molar-refractivity contribution in [1.82, 2.24) is 9.80 Å². The predicted molar refractivity (Wildman–Crippen MR) is 76.8 cm³/mol. The maximum absolute atomic E-state index is 11.6. The van der Waals surface area contributed by atoms with Gasteiger partial charge < -0.3 is 4.90 Å². The summed E-state index contributed by atoms with van der Waals surface area (Å²) in [6.45, 7) is 12.0. The van der Waals surface area contributed by atoms with Crippen molar-refractivity contribution in [2.75, 3.05) is 26.7 Å². The van der Waals surface area contributed by atoms with Gasteiger partial charge in [-0.3, -0.25) is 9.69 Å². The summed E-state index contributed by atoms with van der Waals surface area (Å²) in [4.78, 5) is 16.5. The van der Waals surface area contributed by atoms with E-state index in [0.717, 1.165) is 19.5 Å². The Morgan fingerprint density at radius 3 is 2.61 bits per heavy atom. The number of hydrogen-bond donors (Lipinski definition) is 0. The molecule has 106 valence electrons. The highest BCUT2D eigenvalue weighted by atomic mass is 16.1. The first-order chi connectivity index (χ1) is 8.43. The van der Waals surface area contributed by atoms with Gasteiger partial charge in [-0.1, -0.05) is 6.92 Å². The normalized spacial score (nSPS) is 26.3. The van der Waals surface area contributed by atoms with Crippen LogP contribution in [0, 0.1) is 5.92 Å². The summed E-state index contributed by atoms with van der Waals surface area (Å²) in [6, 6.07) is 1.06. The zero-order valence-corrected chi connectivity index (χ0v) is 12.8. The SMILES string of the molecule is CC1C(=O)CCN(CCCCN(C)C(C)C)C1C. The van der Waals surface area contributed by atoms with Gasteiger partial charge >= 0.3 is 0 Å². The predicted octanol–water partition coefficient (Wildman–Crippen LogP) is 2.41. The molecule has 1 fully saturated rings. The number of hydrogen-bond acceptors (Lipinski definition) is 3. The van der Waals surface area contributed by atoms with E-state index in [-0.39, 0.29) is 5.92 Å². The fraction of sp³-hybridized carbons (Fsp3) is 0.933. The zero-order valence-electron chi connectivity index (χ0n) is 12.8. The third kappa shape index (κ3) is 4.36. The average molecular weight is 254 g/mol. The highest BCUT2D eigenvalue weighted by molar-refractivity contribution is 5.82. The molecule has 1 aliphatic rings. The molecule has 0 aliphatic carbocycles. The first-order valence-electron chi connectivity index (χ1n) is 7.40. The van der Waals surface area contributed by atoms with Crippen LogP contribution in [0.5, 0.6) is 0 Å². The van der Waals surface area contributed by atoms with Crippen LogP contribution in [0.3, 0.4) is 0 Å². The Hall–Kier alpha value is -0.410. The van der Waals surface area contributed by atoms with Crippen LogP contribution >= 0.6 is 0 Å². The van der Waals surface area contributed by atoms with Crippen LogP contribution in [0.25, 0.3) is 0 Å². The van der Waals surface area contributed by atoms with Gasteiger partial charge in [-0.05, 0) is 53.8 Å². The summed E-state index contributed by atoms with van der Waals surface area (Å²) >= 11 is 0. The quantitative estimate of drug-likeness (QED) is 0.680. The molecule has 0 amide bonds. The Morgan fingerprint density at radius 1 is 1.33 bits per heavy atom. The fourth-order valence-electron chi connectivity index (χ4n) is 2.52. The minimum atomic E-state index is 0.220. The molecule has 0 aromatic heterocycles. The summed E-state index contributed by atoms with van der Waals surface area (Å²) in [6.07, 6.45) is 3.24. The first-order valence-corrected chi connectivity index (χ1v) is 7.40. The number of Topliss-reactive ketones (excluding diaryl/α,β-unsaturated/α-hetero) is 1. The lowest BCUT2D eigenvalue weighted by molar-refractivity contribution is -0.127. The van der Waals surface area contributed by atoms with E-state index in [2.05, 4.69) is 44.5 Å². The molecule has 0 radical (unpaired) electrons. The third-order valence-corrected chi connectivity index (χ3v) is 4.54. The van der Waals surface area contributed by atoms with Crippen molar-refractivity contribution in [3.63, 3.8) is 0 Å². The Balaban J connectivity index is 2.21. The molecule has 1 aliphatic heterocycles. The molecular formula is C15H30N2O. The molecule has 1 heterocycles. The molecule has 2 unspecified atom stereocenters. The second kappa shape index (κ2) is 7.25. The van der Waals surface area contributed by atoms with E-state index in [1.54, 1.807) is 0 Å². The largest absolute Gasteiger partial charge is 0.304 e. The van der Waals surface area contributed by atoms with Crippen LogP contribution in [0.15, 0.2) is 0 Å². The van der Waals surface area contributed by atoms with Crippen LogP contribution in [-0.2, 0) is 4.79 Å². The summed E-state index contributed by atoms with van der Waals surface area (Å²) in [5.74, 6) is 0.662. The fourth-order valence-corrected chi connectivity index (χ4v) is 2.52. The lowest BCUT2D eigenvalue weighted by Gasteiger charge is -2.37. The van der Waals surface area contributed by atoms with Gasteiger partial charge in [0.05, 0.1) is 0 Å². The zero-order chi connectivity index (χ0) is 13.7. The molecule has 0 bridgehead atoms. The third-order valence-electron chi connectivity index (χ3n) is 4.54. The van der Waals surface area contributed by atoms with Gasteiger partial charge in [0.2, 0.25) is 0 Å². The van der Waals surface area contributed by atoms with Gasteiger partial charge in [0.25, 0.3) is 0 Å². The van der Waals surface area contributed by atoms with Crippen molar-refractivity contribution in [3.8, 4) is 0 Å². The van der Waals surface area contributed by atoms with E-state index in [1.165, 1.54) is 19.4 Å². The number of likely N-dealkylation sites (tertiary alicyclic amines) is 1. The molecule has 18 heavy (non-hydrogen) atoms. The summed E-state index contributed by atoms with van der Waals surface area (Å²) in [5.41, 5.74) is 0. The molecule has 0 aromatic rings. The lowest BCUT2D eigenvalue weighted by Crippen LogP contribution is -2.47. The van der Waals surface area contributed by atoms with Crippen molar-refractivity contribution < 1.29 is 4.79 Å². The highest BCUT2D eigenvalue weighted by Crippen LogP contribution is 2.20. The Labute approximate surface area is 113 Å². The van der Waals surface area contributed by atoms with E-state index in [4.69, 9.17) is 0 Å². The smallest absolute Gasteiger partial charge is 0.138 e. The molecule has 1 rings (SSSR count). The van der Waals surface area contributed by atoms with E-state index < -0.39 is 0 Å². The van der Waals surface area contributed by atoms with E-state index in [9.17, 15) is 4.79 Å². The first kappa shape index (κ1) is 15.6. The highest BCUT2D eigenvalue weighted by Gasteiger charge is 2.29. The molecule has 0 spiro atoms. The number of ketones is 1. The molecular weight excluding hydrogens is 224 g/mol. The van der Waals surface area contributed by atoms with Gasteiger partial charge in [-0.25, -0.2) is 0 Å². The molecule has 2 atom stereocenters. The van der Waals surface area contributed by atoms with Gasteiger partial charge in [0.1, 0.15) is 5.78 Å². The number of rotatable bonds is 6. The standard InChI is InChI=1S/C15H30N2O/c1-12(2)16(5)9-6-7-10-17-11-8-15(18)13(3)14(17)4/h12-14H,6-11H2,1-5H3. The van der Waals surface area contributed by atoms with Gasteiger partial charge in [-0.2, -0.15) is 0 Å². The van der Waals surface area contributed by atoms with Gasteiger partial charge in [-0.15, -0.1) is 0 Å². The molecule has 0 saturated carbocycles. The Bertz CT molecular complexity index is 265. The lowest BCUT2D eigenvalue weighted by atomic mass is 9.90. The molecule has 0 aromatic carbocycles. The van der Waals surface area contributed by atoms with Crippen LogP contribution in [0.4, 0.5) is 0 Å². The number of unbranched alkanes of at least 4 members (excludes halogenated alkanes) is 1. The topological polar surface area (TPSA) is 23.6 Å². The van der Waals surface area contributed by atoms with Crippen LogP contribution in [0.2, 0.25) is 0 Å². The van der Waals surface area contributed by atoms with E-state index in [0.29, 0.717) is 17.9 Å². The van der Waals surface area contributed by atoms with E-state index >= 15 is 0 Å². The van der Waals surface area contributed by atoms with Crippen molar-refractivity contribution in [1.29, 1.82) is 0 Å². The minimum Gasteiger partial charge on any atom is -0.304 e. The van der Waals surface area contributed by atoms with E-state index in [1.807, 2.05) is 0 Å². The maximum atomic E-state index is 11.6. The summed E-state index contributed by atoms with van der Waals surface area (Å²) in [5, 5.41) is 0. The van der Waals surface area contributed by atoms with Crippen molar-refractivity contribution in [3.05, 3.63) is 0 Å². The molecule has 3 nitrogen and oxygen atoms in total. The summed E-state index contributed by atoms with van der Waals surface area (Å²) in [7, 11) is 2.19. The number of carbonyl (C=O) groups excluding carboxylic acids is 1. The molecule has 3 heteroatoms. The second-order valence-electron chi connectivity index (χ2n) is 6.06. The number of nitrogens with zero attached hydrogens (tertiary/aromatic N) is 2. The molecule has 1 saturated heterocycles. The Morgan fingerprint density at radius 2 is 2.00 bits per heavy atom. The van der Waals surface area contributed by atoms with Crippen molar-refractivity contribution >= 4 is 5.78 Å². The van der Waals surface area contributed by atoms with Crippen LogP contribution in [0.1, 0.15) is 47.0 Å². The van der Waals surface area contributed by atoms with Crippen molar-refractivity contribution in [2.45, 2.75) is 59.0 Å². The maximum Gasteiger partial charge on any atom is 0.138 e. The monoisotopic (exact) mass is 254 g/mol. The average Bonchev–Trinajstić information content (AvgIpc) is 2.33. The van der Waals surface area contributed by atoms with Crippen LogP contribution in [-0.4, -0.2) is 54.3 Å². The number of piperidine rings is 1. The van der Waals surface area contributed by atoms with Crippen molar-refractivity contribution in [2.24, 2.45) is 5.92 Å². The Kier molecular flexibility index (Phi) is 6.30. The minimum absolute atomic E-state index is 0.220. The van der Waals surface area contributed by atoms with Crippen LogP contribution < -0.4 is 0 Å². The van der Waals surface area contributed by atoms with Gasteiger partial charge in [0, 0.05) is 31.0 Å². The summed E-state index contributed by atoms with van der Waals surface area (Å²) < 4.78 is 0. The molecule has 0 N–H and O–H groups in total. The van der Waals surface area contributed by atoms with Gasteiger partial charge in [0.15, 0.2) is 0 Å². The number of carbonyl (C=O) groups is 1.